The third kappa shape index (κ3) is 3.74. The van der Waals surface area contributed by atoms with Crippen molar-refractivity contribution in [2.75, 3.05) is 6.61 Å². The van der Waals surface area contributed by atoms with E-state index in [0.717, 1.165) is 0 Å². The molecule has 1 N–H and O–H groups in total. The molecule has 1 atom stereocenters. The topological polar surface area (TPSA) is 29.5 Å². The molecule has 0 spiro atoms. The second-order valence-corrected chi connectivity index (χ2v) is 5.56. The highest BCUT2D eigenvalue weighted by atomic mass is 16.5. The Hall–Kier alpha value is -0.0800. The minimum Gasteiger partial charge on any atom is -0.390 e. The van der Waals surface area contributed by atoms with Crippen molar-refractivity contribution in [3.05, 3.63) is 0 Å². The molecule has 0 heterocycles. The molecule has 0 aliphatic heterocycles. The van der Waals surface area contributed by atoms with Gasteiger partial charge in [-0.1, -0.05) is 38.5 Å². The van der Waals surface area contributed by atoms with Crippen LogP contribution in [0.5, 0.6) is 0 Å². The molecule has 0 aromatic rings. The predicted molar refractivity (Wildman–Crippen MR) is 65.4 cm³/mol. The van der Waals surface area contributed by atoms with Crippen molar-refractivity contribution in [1.29, 1.82) is 0 Å². The van der Waals surface area contributed by atoms with Crippen LogP contribution < -0.4 is 0 Å². The van der Waals surface area contributed by atoms with Gasteiger partial charge < -0.3 is 9.84 Å². The Morgan fingerprint density at radius 3 is 2.06 bits per heavy atom. The summed E-state index contributed by atoms with van der Waals surface area (Å²) in [7, 11) is 0. The Morgan fingerprint density at radius 1 is 0.875 bits per heavy atom. The molecule has 94 valence electrons. The lowest BCUT2D eigenvalue weighted by Crippen LogP contribution is -2.27. The molecule has 0 aromatic heterocycles. The maximum Gasteiger partial charge on any atom is 0.0801 e. The van der Waals surface area contributed by atoms with Gasteiger partial charge in [-0.15, -0.1) is 0 Å². The summed E-state index contributed by atoms with van der Waals surface area (Å²) in [6, 6.07) is 0. The summed E-state index contributed by atoms with van der Waals surface area (Å²) in [6.45, 7) is 0.579. The van der Waals surface area contributed by atoms with Crippen LogP contribution in [0.1, 0.15) is 64.2 Å². The Labute approximate surface area is 99.4 Å². The Morgan fingerprint density at radius 2 is 1.44 bits per heavy atom. The van der Waals surface area contributed by atoms with Gasteiger partial charge in [0.05, 0.1) is 18.8 Å². The summed E-state index contributed by atoms with van der Waals surface area (Å²) < 4.78 is 5.89. The molecule has 2 rings (SSSR count). The Kier molecular flexibility index (Phi) is 5.11. The Balaban J connectivity index is 1.64. The lowest BCUT2D eigenvalue weighted by Gasteiger charge is -2.21. The van der Waals surface area contributed by atoms with Crippen LogP contribution in [0.2, 0.25) is 0 Å². The van der Waals surface area contributed by atoms with Crippen molar-refractivity contribution in [1.82, 2.24) is 0 Å². The lowest BCUT2D eigenvalue weighted by molar-refractivity contribution is -0.0347. The highest BCUT2D eigenvalue weighted by molar-refractivity contribution is 4.75. The van der Waals surface area contributed by atoms with Gasteiger partial charge in [0.15, 0.2) is 0 Å². The van der Waals surface area contributed by atoms with Gasteiger partial charge in [-0.05, 0) is 31.6 Å². The van der Waals surface area contributed by atoms with Gasteiger partial charge in [0.1, 0.15) is 0 Å². The minimum absolute atomic E-state index is 0.203. The molecule has 2 nitrogen and oxygen atoms in total. The van der Waals surface area contributed by atoms with Gasteiger partial charge in [0, 0.05) is 0 Å². The molecular weight excluding hydrogens is 200 g/mol. The van der Waals surface area contributed by atoms with E-state index in [1.54, 1.807) is 0 Å². The molecule has 0 radical (unpaired) electrons. The van der Waals surface area contributed by atoms with E-state index in [2.05, 4.69) is 0 Å². The van der Waals surface area contributed by atoms with Crippen LogP contribution in [-0.2, 0) is 4.74 Å². The maximum absolute atomic E-state index is 10.0. The van der Waals surface area contributed by atoms with Crippen LogP contribution in [0.3, 0.4) is 0 Å². The third-order valence-corrected chi connectivity index (χ3v) is 4.25. The van der Waals surface area contributed by atoms with Crippen LogP contribution >= 0.6 is 0 Å². The average molecular weight is 226 g/mol. The summed E-state index contributed by atoms with van der Waals surface area (Å²) in [6.07, 6.45) is 13.0. The number of aliphatic hydroxyl groups excluding tert-OH is 1. The van der Waals surface area contributed by atoms with Gasteiger partial charge in [0.2, 0.25) is 0 Å². The van der Waals surface area contributed by atoms with Crippen LogP contribution in [0.25, 0.3) is 0 Å². The van der Waals surface area contributed by atoms with E-state index in [1.807, 2.05) is 0 Å². The summed E-state index contributed by atoms with van der Waals surface area (Å²) >= 11 is 0. The molecule has 0 aromatic carbocycles. The van der Waals surface area contributed by atoms with Crippen LogP contribution in [0, 0.1) is 5.92 Å². The zero-order chi connectivity index (χ0) is 11.2. The minimum atomic E-state index is -0.203. The number of ether oxygens (including phenoxy) is 1. The van der Waals surface area contributed by atoms with E-state index in [-0.39, 0.29) is 6.10 Å². The number of rotatable bonds is 4. The molecule has 2 aliphatic rings. The molecule has 16 heavy (non-hydrogen) atoms. The first kappa shape index (κ1) is 12.4. The second kappa shape index (κ2) is 6.61. The molecule has 0 saturated heterocycles. The van der Waals surface area contributed by atoms with E-state index in [4.69, 9.17) is 4.74 Å². The fourth-order valence-corrected chi connectivity index (χ4v) is 3.12. The van der Waals surface area contributed by atoms with Gasteiger partial charge in [-0.3, -0.25) is 0 Å². The van der Waals surface area contributed by atoms with E-state index in [0.29, 0.717) is 18.6 Å². The first-order valence-electron chi connectivity index (χ1n) is 7.16. The van der Waals surface area contributed by atoms with Crippen LogP contribution in [0.15, 0.2) is 0 Å². The quantitative estimate of drug-likeness (QED) is 0.745. The zero-order valence-electron chi connectivity index (χ0n) is 10.4. The maximum atomic E-state index is 10.0. The predicted octanol–water partition coefficient (Wildman–Crippen LogP) is 3.28. The lowest BCUT2D eigenvalue weighted by atomic mass is 10.0. The molecule has 0 amide bonds. The first-order valence-corrected chi connectivity index (χ1v) is 7.16. The Bertz CT molecular complexity index is 177. The van der Waals surface area contributed by atoms with E-state index < -0.39 is 0 Å². The number of hydrogen-bond acceptors (Lipinski definition) is 2. The highest BCUT2D eigenvalue weighted by Gasteiger charge is 2.24. The van der Waals surface area contributed by atoms with Crippen LogP contribution in [-0.4, -0.2) is 23.9 Å². The van der Waals surface area contributed by atoms with Gasteiger partial charge in [-0.25, -0.2) is 0 Å². The third-order valence-electron chi connectivity index (χ3n) is 4.25. The molecule has 2 saturated carbocycles. The van der Waals surface area contributed by atoms with Crippen molar-refractivity contribution >= 4 is 0 Å². The second-order valence-electron chi connectivity index (χ2n) is 5.56. The summed E-state index contributed by atoms with van der Waals surface area (Å²) in [5.41, 5.74) is 0. The number of aliphatic hydroxyl groups is 1. The van der Waals surface area contributed by atoms with Gasteiger partial charge in [0.25, 0.3) is 0 Å². The van der Waals surface area contributed by atoms with Gasteiger partial charge in [-0.2, -0.15) is 0 Å². The number of hydrogen-bond donors (Lipinski definition) is 1. The first-order chi connectivity index (χ1) is 7.86. The zero-order valence-corrected chi connectivity index (χ0v) is 10.4. The molecule has 1 unspecified atom stereocenters. The fourth-order valence-electron chi connectivity index (χ4n) is 3.12. The SMILES string of the molecule is OC(COC1CCCCCC1)C1CCCC1. The highest BCUT2D eigenvalue weighted by Crippen LogP contribution is 2.28. The summed E-state index contributed by atoms with van der Waals surface area (Å²) in [4.78, 5) is 0. The molecule has 2 aliphatic carbocycles. The van der Waals surface area contributed by atoms with Crippen molar-refractivity contribution in [3.8, 4) is 0 Å². The van der Waals surface area contributed by atoms with Crippen LogP contribution in [0.4, 0.5) is 0 Å². The summed E-state index contributed by atoms with van der Waals surface area (Å²) in [5.74, 6) is 0.519. The normalized spacial score (nSPS) is 26.8. The molecule has 2 heteroatoms. The van der Waals surface area contributed by atoms with Crippen molar-refractivity contribution < 1.29 is 9.84 Å². The summed E-state index contributed by atoms with van der Waals surface area (Å²) in [5, 5.41) is 10.0. The van der Waals surface area contributed by atoms with E-state index in [1.165, 1.54) is 64.2 Å². The van der Waals surface area contributed by atoms with Crippen molar-refractivity contribution in [2.24, 2.45) is 5.92 Å². The van der Waals surface area contributed by atoms with Gasteiger partial charge >= 0.3 is 0 Å². The molecule has 2 fully saturated rings. The average Bonchev–Trinajstić information content (AvgIpc) is 2.71. The largest absolute Gasteiger partial charge is 0.390 e. The smallest absolute Gasteiger partial charge is 0.0801 e. The van der Waals surface area contributed by atoms with Crippen molar-refractivity contribution in [2.45, 2.75) is 76.4 Å². The monoisotopic (exact) mass is 226 g/mol. The molecule has 0 bridgehead atoms. The molecular formula is C14H26O2. The standard InChI is InChI=1S/C14H26O2/c15-14(12-7-5-6-8-12)11-16-13-9-3-1-2-4-10-13/h12-15H,1-11H2. The van der Waals surface area contributed by atoms with E-state index in [9.17, 15) is 5.11 Å². The van der Waals surface area contributed by atoms with E-state index >= 15 is 0 Å². The van der Waals surface area contributed by atoms with Crippen molar-refractivity contribution in [3.63, 3.8) is 0 Å². The fraction of sp³-hybridized carbons (Fsp3) is 1.00.